The second kappa shape index (κ2) is 4.41. The minimum absolute atomic E-state index is 0.120. The first-order valence-corrected chi connectivity index (χ1v) is 5.37. The number of anilines is 1. The standard InChI is InChI=1S/C10H8Cl2N2O2/c11-6-1-2-7(12)8(3-6)14-9(15)4-13-5-10(14)16/h1-3,13H,4-5H2. The Morgan fingerprint density at radius 2 is 1.75 bits per heavy atom. The maximum atomic E-state index is 11.6. The first kappa shape index (κ1) is 11.4. The van der Waals surface area contributed by atoms with Crippen LogP contribution in [-0.2, 0) is 9.59 Å². The topological polar surface area (TPSA) is 49.4 Å². The van der Waals surface area contributed by atoms with Gasteiger partial charge in [-0.3, -0.25) is 14.9 Å². The van der Waals surface area contributed by atoms with Gasteiger partial charge in [-0.2, -0.15) is 0 Å². The predicted octanol–water partition coefficient (Wildman–Crippen LogP) is 1.46. The lowest BCUT2D eigenvalue weighted by Crippen LogP contribution is -2.52. The number of rotatable bonds is 1. The Morgan fingerprint density at radius 1 is 1.12 bits per heavy atom. The van der Waals surface area contributed by atoms with Crippen LogP contribution in [0.25, 0.3) is 0 Å². The van der Waals surface area contributed by atoms with E-state index in [2.05, 4.69) is 5.32 Å². The number of piperazine rings is 1. The fourth-order valence-electron chi connectivity index (χ4n) is 1.50. The first-order valence-electron chi connectivity index (χ1n) is 4.61. The van der Waals surface area contributed by atoms with Crippen LogP contribution >= 0.6 is 23.2 Å². The molecule has 0 atom stereocenters. The highest BCUT2D eigenvalue weighted by atomic mass is 35.5. The number of imide groups is 1. The van der Waals surface area contributed by atoms with Crippen molar-refractivity contribution in [2.75, 3.05) is 18.0 Å². The van der Waals surface area contributed by atoms with Gasteiger partial charge in [0.05, 0.1) is 23.8 Å². The third kappa shape index (κ3) is 2.04. The molecule has 1 saturated heterocycles. The monoisotopic (exact) mass is 258 g/mol. The van der Waals surface area contributed by atoms with Crippen LogP contribution in [0.5, 0.6) is 0 Å². The van der Waals surface area contributed by atoms with Crippen molar-refractivity contribution >= 4 is 40.7 Å². The maximum Gasteiger partial charge on any atom is 0.247 e. The SMILES string of the molecule is O=C1CNCC(=O)N1c1cc(Cl)ccc1Cl. The van der Waals surface area contributed by atoms with E-state index in [1.54, 1.807) is 12.1 Å². The minimum atomic E-state index is -0.333. The van der Waals surface area contributed by atoms with Crippen LogP contribution in [0.2, 0.25) is 10.0 Å². The summed E-state index contributed by atoms with van der Waals surface area (Å²) in [7, 11) is 0. The van der Waals surface area contributed by atoms with Crippen molar-refractivity contribution in [3.63, 3.8) is 0 Å². The van der Waals surface area contributed by atoms with Crippen LogP contribution in [0.4, 0.5) is 5.69 Å². The van der Waals surface area contributed by atoms with E-state index < -0.39 is 0 Å². The quantitative estimate of drug-likeness (QED) is 0.776. The molecule has 6 heteroatoms. The van der Waals surface area contributed by atoms with E-state index in [1.165, 1.54) is 6.07 Å². The molecule has 0 radical (unpaired) electrons. The number of hydrogen-bond donors (Lipinski definition) is 1. The lowest BCUT2D eigenvalue weighted by atomic mass is 10.2. The van der Waals surface area contributed by atoms with Gasteiger partial charge in [-0.15, -0.1) is 0 Å². The fraction of sp³-hybridized carbons (Fsp3) is 0.200. The van der Waals surface area contributed by atoms with E-state index in [0.29, 0.717) is 15.7 Å². The van der Waals surface area contributed by atoms with Gasteiger partial charge in [-0.25, -0.2) is 4.90 Å². The Bertz CT molecular complexity index is 446. The molecule has 1 aromatic rings. The Balaban J connectivity index is 2.45. The van der Waals surface area contributed by atoms with E-state index in [0.717, 1.165) is 4.90 Å². The summed E-state index contributed by atoms with van der Waals surface area (Å²) in [6, 6.07) is 4.66. The van der Waals surface area contributed by atoms with Crippen molar-refractivity contribution in [2.24, 2.45) is 0 Å². The molecule has 0 bridgehead atoms. The van der Waals surface area contributed by atoms with Crippen molar-refractivity contribution in [2.45, 2.75) is 0 Å². The minimum Gasteiger partial charge on any atom is -0.300 e. The molecule has 0 saturated carbocycles. The van der Waals surface area contributed by atoms with Gasteiger partial charge in [0.2, 0.25) is 11.8 Å². The summed E-state index contributed by atoms with van der Waals surface area (Å²) >= 11 is 11.7. The zero-order chi connectivity index (χ0) is 11.7. The van der Waals surface area contributed by atoms with Crippen molar-refractivity contribution in [1.29, 1.82) is 0 Å². The first-order chi connectivity index (χ1) is 7.59. The van der Waals surface area contributed by atoms with Crippen LogP contribution < -0.4 is 10.2 Å². The van der Waals surface area contributed by atoms with Gasteiger partial charge in [0.25, 0.3) is 0 Å². The van der Waals surface area contributed by atoms with Gasteiger partial charge >= 0.3 is 0 Å². The highest BCUT2D eigenvalue weighted by Gasteiger charge is 2.28. The van der Waals surface area contributed by atoms with Gasteiger partial charge in [-0.1, -0.05) is 23.2 Å². The van der Waals surface area contributed by atoms with Crippen molar-refractivity contribution < 1.29 is 9.59 Å². The average Bonchev–Trinajstić information content (AvgIpc) is 2.23. The van der Waals surface area contributed by atoms with Crippen LogP contribution in [0.15, 0.2) is 18.2 Å². The number of nitrogens with zero attached hydrogens (tertiary/aromatic N) is 1. The Labute approximate surface area is 102 Å². The lowest BCUT2D eigenvalue weighted by molar-refractivity contribution is -0.127. The number of amides is 2. The molecule has 4 nitrogen and oxygen atoms in total. The molecule has 1 aliphatic rings. The highest BCUT2D eigenvalue weighted by Crippen LogP contribution is 2.29. The summed E-state index contributed by atoms with van der Waals surface area (Å²) in [5.41, 5.74) is 0.339. The van der Waals surface area contributed by atoms with E-state index in [1.807, 2.05) is 0 Å². The summed E-state index contributed by atoms with van der Waals surface area (Å²) < 4.78 is 0. The summed E-state index contributed by atoms with van der Waals surface area (Å²) in [6.07, 6.45) is 0. The Hall–Kier alpha value is -1.10. The van der Waals surface area contributed by atoms with Gasteiger partial charge < -0.3 is 0 Å². The molecule has 84 valence electrons. The van der Waals surface area contributed by atoms with E-state index >= 15 is 0 Å². The maximum absolute atomic E-state index is 11.6. The molecule has 16 heavy (non-hydrogen) atoms. The van der Waals surface area contributed by atoms with E-state index in [4.69, 9.17) is 23.2 Å². The van der Waals surface area contributed by atoms with Crippen LogP contribution in [0, 0.1) is 0 Å². The van der Waals surface area contributed by atoms with Crippen LogP contribution in [0.1, 0.15) is 0 Å². The highest BCUT2D eigenvalue weighted by molar-refractivity contribution is 6.37. The molecular weight excluding hydrogens is 251 g/mol. The molecule has 0 spiro atoms. The number of carbonyl (C=O) groups is 2. The zero-order valence-electron chi connectivity index (χ0n) is 8.17. The normalized spacial score (nSPS) is 16.8. The molecule has 1 fully saturated rings. The predicted molar refractivity (Wildman–Crippen MR) is 61.8 cm³/mol. The molecule has 0 aromatic heterocycles. The second-order valence-corrected chi connectivity index (χ2v) is 4.17. The Kier molecular flexibility index (Phi) is 3.14. The van der Waals surface area contributed by atoms with Gasteiger partial charge in [0.15, 0.2) is 0 Å². The number of halogens is 2. The molecule has 2 amide bonds. The molecule has 0 aliphatic carbocycles. The van der Waals surface area contributed by atoms with Crippen LogP contribution in [0.3, 0.4) is 0 Å². The number of nitrogens with one attached hydrogen (secondary N) is 1. The van der Waals surface area contributed by atoms with Crippen molar-refractivity contribution in [1.82, 2.24) is 5.32 Å². The molecule has 0 unspecified atom stereocenters. The largest absolute Gasteiger partial charge is 0.300 e. The summed E-state index contributed by atoms with van der Waals surface area (Å²) in [5.74, 6) is -0.666. The molecular formula is C10H8Cl2N2O2. The van der Waals surface area contributed by atoms with Crippen molar-refractivity contribution in [3.05, 3.63) is 28.2 Å². The number of benzene rings is 1. The molecule has 1 N–H and O–H groups in total. The number of carbonyl (C=O) groups excluding carboxylic acids is 2. The molecule has 2 rings (SSSR count). The lowest BCUT2D eigenvalue weighted by Gasteiger charge is -2.26. The third-order valence-electron chi connectivity index (χ3n) is 2.20. The third-order valence-corrected chi connectivity index (χ3v) is 2.76. The van der Waals surface area contributed by atoms with Gasteiger partial charge in [0, 0.05) is 5.02 Å². The smallest absolute Gasteiger partial charge is 0.247 e. The van der Waals surface area contributed by atoms with E-state index in [-0.39, 0.29) is 24.9 Å². The molecule has 1 aliphatic heterocycles. The Morgan fingerprint density at radius 3 is 2.38 bits per heavy atom. The fourth-order valence-corrected chi connectivity index (χ4v) is 1.87. The zero-order valence-corrected chi connectivity index (χ0v) is 9.68. The average molecular weight is 259 g/mol. The van der Waals surface area contributed by atoms with Gasteiger partial charge in [-0.05, 0) is 18.2 Å². The van der Waals surface area contributed by atoms with Crippen LogP contribution in [-0.4, -0.2) is 24.9 Å². The van der Waals surface area contributed by atoms with Crippen molar-refractivity contribution in [3.8, 4) is 0 Å². The van der Waals surface area contributed by atoms with E-state index in [9.17, 15) is 9.59 Å². The summed E-state index contributed by atoms with van der Waals surface area (Å²) in [6.45, 7) is 0.239. The molecule has 1 aromatic carbocycles. The molecule has 1 heterocycles. The summed E-state index contributed by atoms with van der Waals surface area (Å²) in [5, 5.41) is 3.46. The second-order valence-electron chi connectivity index (χ2n) is 3.32. The summed E-state index contributed by atoms with van der Waals surface area (Å²) in [4.78, 5) is 24.3. The number of hydrogen-bond acceptors (Lipinski definition) is 3. The van der Waals surface area contributed by atoms with Gasteiger partial charge in [0.1, 0.15) is 0 Å².